The Kier molecular flexibility index (Phi) is 5.69. The Hall–Kier alpha value is -1.20. The van der Waals surface area contributed by atoms with Gasteiger partial charge >= 0.3 is 5.97 Å². The molecule has 0 bridgehead atoms. The molecule has 0 aromatic heterocycles. The standard InChI is InChI=1S/C13H15F2NO2.ClH/c14-11-5-1-3-9(12(11)15)7-16-6-2-4-10(8-16)13(17)18;/h1,3,5,10H,2,4,6-8H2,(H,17,18);1H. The molecule has 1 N–H and O–H groups in total. The van der Waals surface area contributed by atoms with Crippen molar-refractivity contribution in [3.63, 3.8) is 0 Å². The van der Waals surface area contributed by atoms with Gasteiger partial charge in [0.2, 0.25) is 0 Å². The van der Waals surface area contributed by atoms with Crippen LogP contribution >= 0.6 is 12.4 Å². The summed E-state index contributed by atoms with van der Waals surface area (Å²) >= 11 is 0. The van der Waals surface area contributed by atoms with E-state index in [4.69, 9.17) is 5.11 Å². The van der Waals surface area contributed by atoms with Gasteiger partial charge in [0, 0.05) is 18.7 Å². The van der Waals surface area contributed by atoms with Crippen LogP contribution in [0.5, 0.6) is 0 Å². The van der Waals surface area contributed by atoms with Crippen LogP contribution in [0.15, 0.2) is 18.2 Å². The van der Waals surface area contributed by atoms with Crippen LogP contribution in [0.25, 0.3) is 0 Å². The first-order chi connectivity index (χ1) is 8.58. The van der Waals surface area contributed by atoms with Gasteiger partial charge in [-0.15, -0.1) is 12.4 Å². The lowest BCUT2D eigenvalue weighted by molar-refractivity contribution is -0.143. The number of nitrogens with zero attached hydrogens (tertiary/aromatic N) is 1. The predicted octanol–water partition coefficient (Wildman–Crippen LogP) is 2.68. The maximum Gasteiger partial charge on any atom is 0.307 e. The van der Waals surface area contributed by atoms with Crippen LogP contribution in [-0.2, 0) is 11.3 Å². The summed E-state index contributed by atoms with van der Waals surface area (Å²) in [6, 6.07) is 4.07. The van der Waals surface area contributed by atoms with E-state index in [-0.39, 0.29) is 24.5 Å². The molecule has 1 unspecified atom stereocenters. The molecule has 2 rings (SSSR count). The molecule has 1 aromatic carbocycles. The number of aliphatic carboxylic acids is 1. The third-order valence-corrected chi connectivity index (χ3v) is 3.28. The zero-order valence-electron chi connectivity index (χ0n) is 10.3. The zero-order valence-corrected chi connectivity index (χ0v) is 11.1. The van der Waals surface area contributed by atoms with Crippen molar-refractivity contribution in [2.45, 2.75) is 19.4 Å². The molecule has 1 aliphatic heterocycles. The fourth-order valence-electron chi connectivity index (χ4n) is 2.31. The molecule has 1 heterocycles. The number of halogens is 3. The summed E-state index contributed by atoms with van der Waals surface area (Å²) < 4.78 is 26.5. The molecule has 0 radical (unpaired) electrons. The van der Waals surface area contributed by atoms with Gasteiger partial charge < -0.3 is 5.11 Å². The number of carbonyl (C=O) groups is 1. The number of benzene rings is 1. The summed E-state index contributed by atoms with van der Waals surface area (Å²) in [5.74, 6) is -2.93. The van der Waals surface area contributed by atoms with E-state index in [0.717, 1.165) is 19.0 Å². The number of rotatable bonds is 3. The minimum Gasteiger partial charge on any atom is -0.481 e. The molecule has 1 atom stereocenters. The van der Waals surface area contributed by atoms with Gasteiger partial charge in [-0.3, -0.25) is 9.69 Å². The Morgan fingerprint density at radius 1 is 1.42 bits per heavy atom. The average molecular weight is 292 g/mol. The molecular weight excluding hydrogens is 276 g/mol. The fraction of sp³-hybridized carbons (Fsp3) is 0.462. The molecule has 1 fully saturated rings. The zero-order chi connectivity index (χ0) is 13.1. The van der Waals surface area contributed by atoms with Crippen LogP contribution in [0.2, 0.25) is 0 Å². The number of hydrogen-bond acceptors (Lipinski definition) is 2. The van der Waals surface area contributed by atoms with Crippen molar-refractivity contribution in [2.75, 3.05) is 13.1 Å². The van der Waals surface area contributed by atoms with Crippen LogP contribution in [0.3, 0.4) is 0 Å². The fourth-order valence-corrected chi connectivity index (χ4v) is 2.31. The molecule has 1 aliphatic rings. The lowest BCUT2D eigenvalue weighted by Crippen LogP contribution is -2.38. The van der Waals surface area contributed by atoms with Crippen molar-refractivity contribution < 1.29 is 18.7 Å². The van der Waals surface area contributed by atoms with Crippen LogP contribution in [0.4, 0.5) is 8.78 Å². The first-order valence-corrected chi connectivity index (χ1v) is 5.96. The van der Waals surface area contributed by atoms with Crippen LogP contribution < -0.4 is 0 Å². The lowest BCUT2D eigenvalue weighted by atomic mass is 9.98. The summed E-state index contributed by atoms with van der Waals surface area (Å²) in [4.78, 5) is 12.8. The van der Waals surface area contributed by atoms with Gasteiger partial charge in [0.1, 0.15) is 0 Å². The highest BCUT2D eigenvalue weighted by Crippen LogP contribution is 2.20. The van der Waals surface area contributed by atoms with E-state index in [1.165, 1.54) is 12.1 Å². The SMILES string of the molecule is Cl.O=C(O)C1CCCN(Cc2cccc(F)c2F)C1. The number of hydrogen-bond donors (Lipinski definition) is 1. The minimum atomic E-state index is -0.862. The van der Waals surface area contributed by atoms with Gasteiger partial charge in [0.15, 0.2) is 11.6 Å². The van der Waals surface area contributed by atoms with Crippen molar-refractivity contribution in [2.24, 2.45) is 5.92 Å². The highest BCUT2D eigenvalue weighted by atomic mass is 35.5. The number of likely N-dealkylation sites (tertiary alicyclic amines) is 1. The first kappa shape index (κ1) is 15.9. The summed E-state index contributed by atoms with van der Waals surface area (Å²) in [7, 11) is 0. The van der Waals surface area contributed by atoms with E-state index in [2.05, 4.69) is 0 Å². The second-order valence-corrected chi connectivity index (χ2v) is 4.63. The molecule has 0 spiro atoms. The lowest BCUT2D eigenvalue weighted by Gasteiger charge is -2.30. The Balaban J connectivity index is 0.00000180. The van der Waals surface area contributed by atoms with Gasteiger partial charge in [-0.25, -0.2) is 8.78 Å². The maximum absolute atomic E-state index is 13.5. The van der Waals surface area contributed by atoms with Gasteiger partial charge in [-0.2, -0.15) is 0 Å². The molecule has 1 aromatic rings. The first-order valence-electron chi connectivity index (χ1n) is 5.96. The maximum atomic E-state index is 13.5. The van der Waals surface area contributed by atoms with Crippen molar-refractivity contribution in [3.05, 3.63) is 35.4 Å². The third-order valence-electron chi connectivity index (χ3n) is 3.28. The number of carboxylic acid groups (broad SMARTS) is 1. The van der Waals surface area contributed by atoms with E-state index in [0.29, 0.717) is 13.0 Å². The summed E-state index contributed by atoms with van der Waals surface area (Å²) in [6.07, 6.45) is 1.42. The summed E-state index contributed by atoms with van der Waals surface area (Å²) in [6.45, 7) is 1.37. The molecular formula is C13H16ClF2NO2. The van der Waals surface area contributed by atoms with Crippen molar-refractivity contribution in [1.82, 2.24) is 4.90 Å². The summed E-state index contributed by atoms with van der Waals surface area (Å²) in [5, 5.41) is 8.96. The largest absolute Gasteiger partial charge is 0.481 e. The summed E-state index contributed by atoms with van der Waals surface area (Å²) in [5.41, 5.74) is 0.279. The average Bonchev–Trinajstić information content (AvgIpc) is 2.35. The van der Waals surface area contributed by atoms with Crippen LogP contribution in [-0.4, -0.2) is 29.1 Å². The minimum absolute atomic E-state index is 0. The Morgan fingerprint density at radius 2 is 2.16 bits per heavy atom. The molecule has 0 amide bonds. The van der Waals surface area contributed by atoms with Gasteiger partial charge in [0.05, 0.1) is 5.92 Å². The van der Waals surface area contributed by atoms with E-state index in [1.54, 1.807) is 0 Å². The number of piperidine rings is 1. The van der Waals surface area contributed by atoms with Gasteiger partial charge in [0.25, 0.3) is 0 Å². The molecule has 19 heavy (non-hydrogen) atoms. The second-order valence-electron chi connectivity index (χ2n) is 4.63. The molecule has 6 heteroatoms. The molecule has 3 nitrogen and oxygen atoms in total. The third kappa shape index (κ3) is 3.88. The Labute approximate surface area is 116 Å². The topological polar surface area (TPSA) is 40.5 Å². The normalized spacial score (nSPS) is 19.8. The highest BCUT2D eigenvalue weighted by Gasteiger charge is 2.25. The van der Waals surface area contributed by atoms with E-state index in [9.17, 15) is 13.6 Å². The molecule has 0 aliphatic carbocycles. The Morgan fingerprint density at radius 3 is 2.84 bits per heavy atom. The predicted molar refractivity (Wildman–Crippen MR) is 69.2 cm³/mol. The quantitative estimate of drug-likeness (QED) is 0.931. The molecule has 1 saturated heterocycles. The highest BCUT2D eigenvalue weighted by molar-refractivity contribution is 5.85. The Bertz CT molecular complexity index is 456. The van der Waals surface area contributed by atoms with Gasteiger partial charge in [-0.05, 0) is 25.5 Å². The smallest absolute Gasteiger partial charge is 0.307 e. The van der Waals surface area contributed by atoms with Crippen molar-refractivity contribution in [3.8, 4) is 0 Å². The van der Waals surface area contributed by atoms with Crippen LogP contribution in [0, 0.1) is 17.6 Å². The molecule has 106 valence electrons. The number of carboxylic acids is 1. The van der Waals surface area contributed by atoms with Crippen LogP contribution in [0.1, 0.15) is 18.4 Å². The monoisotopic (exact) mass is 291 g/mol. The molecule has 0 saturated carbocycles. The van der Waals surface area contributed by atoms with E-state index < -0.39 is 23.5 Å². The van der Waals surface area contributed by atoms with Crippen molar-refractivity contribution >= 4 is 18.4 Å². The van der Waals surface area contributed by atoms with E-state index >= 15 is 0 Å². The van der Waals surface area contributed by atoms with Gasteiger partial charge in [-0.1, -0.05) is 12.1 Å². The van der Waals surface area contributed by atoms with E-state index in [1.807, 2.05) is 4.90 Å². The second kappa shape index (κ2) is 6.82. The van der Waals surface area contributed by atoms with Crippen molar-refractivity contribution in [1.29, 1.82) is 0 Å².